The summed E-state index contributed by atoms with van der Waals surface area (Å²) in [5.41, 5.74) is 4.20. The van der Waals surface area contributed by atoms with E-state index in [9.17, 15) is 4.79 Å². The number of aryl methyl sites for hydroxylation is 2. The van der Waals surface area contributed by atoms with Crippen molar-refractivity contribution in [3.8, 4) is 17.2 Å². The van der Waals surface area contributed by atoms with E-state index in [1.807, 2.05) is 39.8 Å². The Bertz CT molecular complexity index is 981. The van der Waals surface area contributed by atoms with E-state index in [0.29, 0.717) is 17.2 Å². The van der Waals surface area contributed by atoms with Gasteiger partial charge in [0.2, 0.25) is 0 Å². The molecule has 4 unspecified atom stereocenters. The molecule has 36 heavy (non-hydrogen) atoms. The minimum Gasteiger partial charge on any atom is -0.490 e. The molecule has 0 aliphatic rings. The Morgan fingerprint density at radius 2 is 1.19 bits per heavy atom. The standard InChI is InChI=1S/C31H47O4P/c1-12-21(6)33-25-17-26(34-22(7)13-2)29(27(18-25)35-23(8)14-3)36-30(32)28-19(4)15-24(16-20(28)5)31(9,10)11/h15-18,21-23,36H,12-14H2,1-11H3. The number of hydrogen-bond donors (Lipinski definition) is 0. The van der Waals surface area contributed by atoms with Gasteiger partial charge in [-0.15, -0.1) is 0 Å². The summed E-state index contributed by atoms with van der Waals surface area (Å²) >= 11 is 0. The van der Waals surface area contributed by atoms with Crippen LogP contribution in [-0.2, 0) is 5.41 Å². The molecule has 2 aromatic rings. The van der Waals surface area contributed by atoms with Crippen molar-refractivity contribution in [2.75, 3.05) is 0 Å². The van der Waals surface area contributed by atoms with Gasteiger partial charge in [0.1, 0.15) is 17.2 Å². The molecule has 4 nitrogen and oxygen atoms in total. The molecule has 4 atom stereocenters. The van der Waals surface area contributed by atoms with Gasteiger partial charge >= 0.3 is 0 Å². The first-order valence-corrected chi connectivity index (χ1v) is 14.4. The first kappa shape index (κ1) is 30.2. The molecule has 2 aromatic carbocycles. The van der Waals surface area contributed by atoms with Crippen LogP contribution in [0.25, 0.3) is 0 Å². The molecule has 0 aliphatic heterocycles. The van der Waals surface area contributed by atoms with Crippen LogP contribution >= 0.6 is 8.58 Å². The molecule has 0 heterocycles. The largest absolute Gasteiger partial charge is 0.490 e. The monoisotopic (exact) mass is 514 g/mol. The second kappa shape index (κ2) is 13.0. The lowest BCUT2D eigenvalue weighted by Gasteiger charge is -2.24. The average molecular weight is 515 g/mol. The Morgan fingerprint density at radius 3 is 1.58 bits per heavy atom. The van der Waals surface area contributed by atoms with E-state index >= 15 is 0 Å². The fourth-order valence-corrected chi connectivity index (χ4v) is 5.04. The normalized spacial score (nSPS) is 14.5. The highest BCUT2D eigenvalue weighted by atomic mass is 31.1. The SMILES string of the molecule is CCC(C)Oc1cc(OC(C)CC)c(PC(=O)c2c(C)cc(C(C)(C)C)cc2C)c(OC(C)CC)c1. The van der Waals surface area contributed by atoms with Crippen LogP contribution in [0.2, 0.25) is 0 Å². The third kappa shape index (κ3) is 7.97. The Balaban J connectivity index is 2.61. The van der Waals surface area contributed by atoms with Gasteiger partial charge < -0.3 is 14.2 Å². The smallest absolute Gasteiger partial charge is 0.186 e. The maximum Gasteiger partial charge on any atom is 0.186 e. The van der Waals surface area contributed by atoms with Crippen molar-refractivity contribution in [2.45, 2.75) is 119 Å². The number of hydrogen-bond acceptors (Lipinski definition) is 4. The van der Waals surface area contributed by atoms with Crippen LogP contribution in [0.15, 0.2) is 24.3 Å². The van der Waals surface area contributed by atoms with Gasteiger partial charge in [0.05, 0.1) is 23.6 Å². The number of benzene rings is 2. The fourth-order valence-electron chi connectivity index (χ4n) is 3.79. The van der Waals surface area contributed by atoms with E-state index in [1.165, 1.54) is 5.56 Å². The van der Waals surface area contributed by atoms with Gasteiger partial charge in [0, 0.05) is 17.7 Å². The minimum atomic E-state index is -0.120. The van der Waals surface area contributed by atoms with Crippen LogP contribution in [0.5, 0.6) is 17.2 Å². The number of rotatable bonds is 12. The molecular weight excluding hydrogens is 467 g/mol. The van der Waals surface area contributed by atoms with E-state index in [-0.39, 0.29) is 37.8 Å². The van der Waals surface area contributed by atoms with Crippen LogP contribution in [0.4, 0.5) is 0 Å². The van der Waals surface area contributed by atoms with Crippen molar-refractivity contribution in [2.24, 2.45) is 0 Å². The molecule has 0 aliphatic carbocycles. The van der Waals surface area contributed by atoms with Gasteiger partial charge in [-0.2, -0.15) is 0 Å². The molecule has 0 bridgehead atoms. The van der Waals surface area contributed by atoms with E-state index in [2.05, 4.69) is 60.6 Å². The molecule has 200 valence electrons. The molecule has 5 heteroatoms. The Hall–Kier alpha value is -2.06. The summed E-state index contributed by atoms with van der Waals surface area (Å²) in [7, 11) is -0.120. The molecule has 0 N–H and O–H groups in total. The lowest BCUT2D eigenvalue weighted by molar-refractivity contribution is 0.108. The first-order valence-electron chi connectivity index (χ1n) is 13.4. The lowest BCUT2D eigenvalue weighted by atomic mass is 9.84. The second-order valence-corrected chi connectivity index (χ2v) is 12.2. The lowest BCUT2D eigenvalue weighted by Crippen LogP contribution is -2.21. The number of carbonyl (C=O) groups is 1. The molecular formula is C31H47O4P. The molecule has 2 rings (SSSR count). The highest BCUT2D eigenvalue weighted by Crippen LogP contribution is 2.38. The van der Waals surface area contributed by atoms with Gasteiger partial charge in [-0.3, -0.25) is 4.79 Å². The fraction of sp³-hybridized carbons (Fsp3) is 0.581. The van der Waals surface area contributed by atoms with E-state index in [1.54, 1.807) is 0 Å². The summed E-state index contributed by atoms with van der Waals surface area (Å²) in [6.07, 6.45) is 2.71. The van der Waals surface area contributed by atoms with Gasteiger partial charge in [-0.1, -0.05) is 53.7 Å². The predicted octanol–water partition coefficient (Wildman–Crippen LogP) is 8.28. The van der Waals surface area contributed by atoms with Crippen LogP contribution < -0.4 is 19.5 Å². The zero-order valence-corrected chi connectivity index (χ0v) is 25.3. The van der Waals surface area contributed by atoms with Gasteiger partial charge in [-0.05, 0) is 84.6 Å². The highest BCUT2D eigenvalue weighted by molar-refractivity contribution is 7.66. The van der Waals surface area contributed by atoms with Crippen molar-refractivity contribution < 1.29 is 19.0 Å². The summed E-state index contributed by atoms with van der Waals surface area (Å²) < 4.78 is 18.9. The van der Waals surface area contributed by atoms with Crippen LogP contribution in [0, 0.1) is 13.8 Å². The van der Waals surface area contributed by atoms with Crippen molar-refractivity contribution in [1.82, 2.24) is 0 Å². The zero-order chi connectivity index (χ0) is 27.2. The van der Waals surface area contributed by atoms with Crippen molar-refractivity contribution >= 4 is 19.4 Å². The van der Waals surface area contributed by atoms with Crippen molar-refractivity contribution in [3.05, 3.63) is 46.5 Å². The summed E-state index contributed by atoms with van der Waals surface area (Å²) in [6, 6.07) is 8.17. The number of carbonyl (C=O) groups excluding carboxylic acids is 1. The molecule has 0 aromatic heterocycles. The molecule has 0 spiro atoms. The average Bonchev–Trinajstić information content (AvgIpc) is 2.79. The molecule has 0 amide bonds. The quantitative estimate of drug-likeness (QED) is 0.267. The molecule has 0 saturated heterocycles. The van der Waals surface area contributed by atoms with Gasteiger partial charge in [-0.25, -0.2) is 0 Å². The van der Waals surface area contributed by atoms with Crippen LogP contribution in [0.3, 0.4) is 0 Å². The van der Waals surface area contributed by atoms with Gasteiger partial charge in [0.15, 0.2) is 5.52 Å². The maximum absolute atomic E-state index is 13.8. The topological polar surface area (TPSA) is 44.8 Å². The number of ether oxygens (including phenoxy) is 3. The summed E-state index contributed by atoms with van der Waals surface area (Å²) in [6.45, 7) is 23.1. The molecule has 0 fully saturated rings. The zero-order valence-electron chi connectivity index (χ0n) is 24.3. The van der Waals surface area contributed by atoms with E-state index in [4.69, 9.17) is 14.2 Å². The molecule has 0 radical (unpaired) electrons. The van der Waals surface area contributed by atoms with Crippen molar-refractivity contribution in [1.29, 1.82) is 0 Å². The van der Waals surface area contributed by atoms with Gasteiger partial charge in [0.25, 0.3) is 0 Å². The Morgan fingerprint density at radius 1 is 0.778 bits per heavy atom. The Kier molecular flexibility index (Phi) is 10.9. The third-order valence-electron chi connectivity index (χ3n) is 6.62. The predicted molar refractivity (Wildman–Crippen MR) is 154 cm³/mol. The summed E-state index contributed by atoms with van der Waals surface area (Å²) in [5, 5.41) is 0.816. The van der Waals surface area contributed by atoms with E-state index < -0.39 is 0 Å². The summed E-state index contributed by atoms with van der Waals surface area (Å²) in [5.74, 6) is 2.07. The third-order valence-corrected chi connectivity index (χ3v) is 7.84. The van der Waals surface area contributed by atoms with Crippen molar-refractivity contribution in [3.63, 3.8) is 0 Å². The molecule has 0 saturated carbocycles. The Labute approximate surface area is 221 Å². The first-order chi connectivity index (χ1) is 16.8. The second-order valence-electron chi connectivity index (χ2n) is 11.0. The van der Waals surface area contributed by atoms with Crippen LogP contribution in [-0.4, -0.2) is 23.8 Å². The summed E-state index contributed by atoms with van der Waals surface area (Å²) in [4.78, 5) is 13.8. The minimum absolute atomic E-state index is 0.00786. The van der Waals surface area contributed by atoms with E-state index in [0.717, 1.165) is 41.3 Å². The van der Waals surface area contributed by atoms with Crippen LogP contribution in [0.1, 0.15) is 109 Å². The highest BCUT2D eigenvalue weighted by Gasteiger charge is 2.24. The maximum atomic E-state index is 13.8.